The molecule has 0 amide bonds. The Hall–Kier alpha value is -0.500. The first-order chi connectivity index (χ1) is 9.40. The third-order valence-electron chi connectivity index (χ3n) is 3.59. The summed E-state index contributed by atoms with van der Waals surface area (Å²) < 4.78 is 40.7. The molecular weight excluding hydrogens is 349 g/mol. The minimum absolute atomic E-state index is 0.1000. The van der Waals surface area contributed by atoms with E-state index in [9.17, 15) is 17.9 Å². The third kappa shape index (κ3) is 3.78. The summed E-state index contributed by atoms with van der Waals surface area (Å²) in [6.07, 6.45) is 2.94. The Morgan fingerprint density at radius 2 is 2.05 bits per heavy atom. The molecule has 1 aromatic carbocycles. The molecule has 112 valence electrons. The van der Waals surface area contributed by atoms with E-state index in [2.05, 4.69) is 20.7 Å². The van der Waals surface area contributed by atoms with Gasteiger partial charge in [0.1, 0.15) is 10.7 Å². The van der Waals surface area contributed by atoms with Crippen molar-refractivity contribution in [1.82, 2.24) is 4.72 Å². The molecule has 4 nitrogen and oxygen atoms in total. The van der Waals surface area contributed by atoms with Crippen molar-refractivity contribution in [2.75, 3.05) is 6.54 Å². The van der Waals surface area contributed by atoms with Crippen molar-refractivity contribution >= 4 is 26.0 Å². The molecule has 2 rings (SSSR count). The number of rotatable bonds is 4. The quantitative estimate of drug-likeness (QED) is 0.860. The lowest BCUT2D eigenvalue weighted by molar-refractivity contribution is 0.0724. The smallest absolute Gasteiger partial charge is 0.243 e. The Morgan fingerprint density at radius 3 is 2.70 bits per heavy atom. The van der Waals surface area contributed by atoms with Gasteiger partial charge in [-0.2, -0.15) is 0 Å². The molecule has 1 aliphatic carbocycles. The van der Waals surface area contributed by atoms with Gasteiger partial charge in [0.05, 0.1) is 6.10 Å². The maximum absolute atomic E-state index is 13.7. The first kappa shape index (κ1) is 15.9. The van der Waals surface area contributed by atoms with E-state index in [1.807, 2.05) is 0 Å². The summed E-state index contributed by atoms with van der Waals surface area (Å²) in [7, 11) is -3.89. The van der Waals surface area contributed by atoms with Crippen molar-refractivity contribution in [2.45, 2.75) is 36.7 Å². The van der Waals surface area contributed by atoms with Crippen molar-refractivity contribution in [2.24, 2.45) is 5.92 Å². The van der Waals surface area contributed by atoms with Crippen LogP contribution in [-0.4, -0.2) is 26.2 Å². The third-order valence-corrected chi connectivity index (χ3v) is 5.54. The minimum Gasteiger partial charge on any atom is -0.393 e. The Labute approximate surface area is 126 Å². The SMILES string of the molecule is O=S(=O)(NCC1CCCCC1O)c1ccc(Br)cc1F. The number of aliphatic hydroxyl groups is 1. The Bertz CT molecular complexity index is 579. The number of aliphatic hydroxyl groups excluding tert-OH is 1. The topological polar surface area (TPSA) is 66.4 Å². The molecular formula is C13H17BrFNO3S. The average Bonchev–Trinajstić information content (AvgIpc) is 2.37. The number of halogens is 2. The average molecular weight is 366 g/mol. The number of nitrogens with one attached hydrogen (secondary N) is 1. The number of sulfonamides is 1. The number of hydrogen-bond acceptors (Lipinski definition) is 3. The largest absolute Gasteiger partial charge is 0.393 e. The molecule has 1 saturated carbocycles. The molecule has 1 aliphatic rings. The zero-order valence-corrected chi connectivity index (χ0v) is 13.3. The molecule has 20 heavy (non-hydrogen) atoms. The van der Waals surface area contributed by atoms with Gasteiger partial charge in [-0.05, 0) is 37.0 Å². The van der Waals surface area contributed by atoms with Crippen LogP contribution in [0.3, 0.4) is 0 Å². The van der Waals surface area contributed by atoms with Crippen LogP contribution in [0.5, 0.6) is 0 Å². The van der Waals surface area contributed by atoms with Crippen LogP contribution in [0.4, 0.5) is 4.39 Å². The summed E-state index contributed by atoms with van der Waals surface area (Å²) >= 11 is 3.08. The van der Waals surface area contributed by atoms with Crippen molar-refractivity contribution < 1.29 is 17.9 Å². The second kappa shape index (κ2) is 6.51. The van der Waals surface area contributed by atoms with Crippen molar-refractivity contribution in [1.29, 1.82) is 0 Å². The number of hydrogen-bond donors (Lipinski definition) is 2. The van der Waals surface area contributed by atoms with E-state index in [0.29, 0.717) is 10.9 Å². The van der Waals surface area contributed by atoms with Crippen LogP contribution in [0.15, 0.2) is 27.6 Å². The zero-order chi connectivity index (χ0) is 14.8. The normalized spacial score (nSPS) is 23.8. The Kier molecular flexibility index (Phi) is 5.17. The summed E-state index contributed by atoms with van der Waals surface area (Å²) in [5.41, 5.74) is 0. The number of benzene rings is 1. The lowest BCUT2D eigenvalue weighted by Crippen LogP contribution is -2.36. The van der Waals surface area contributed by atoms with Crippen LogP contribution >= 0.6 is 15.9 Å². The van der Waals surface area contributed by atoms with E-state index in [1.54, 1.807) is 0 Å². The molecule has 2 unspecified atom stereocenters. The van der Waals surface area contributed by atoms with Gasteiger partial charge in [0, 0.05) is 11.0 Å². The van der Waals surface area contributed by atoms with Crippen LogP contribution in [0.25, 0.3) is 0 Å². The van der Waals surface area contributed by atoms with Gasteiger partial charge in [0.2, 0.25) is 10.0 Å². The fraction of sp³-hybridized carbons (Fsp3) is 0.538. The molecule has 0 aromatic heterocycles. The van der Waals surface area contributed by atoms with Crippen LogP contribution in [0, 0.1) is 11.7 Å². The van der Waals surface area contributed by atoms with Gasteiger partial charge in [-0.3, -0.25) is 0 Å². The molecule has 0 bridgehead atoms. The van der Waals surface area contributed by atoms with E-state index in [4.69, 9.17) is 0 Å². The standard InChI is InChI=1S/C13H17BrFNO3S/c14-10-5-6-13(11(15)7-10)20(18,19)16-8-9-3-1-2-4-12(9)17/h5-7,9,12,16-17H,1-4,8H2. The molecule has 0 saturated heterocycles. The highest BCUT2D eigenvalue weighted by molar-refractivity contribution is 9.10. The van der Waals surface area contributed by atoms with E-state index in [-0.39, 0.29) is 17.4 Å². The van der Waals surface area contributed by atoms with Crippen molar-refractivity contribution in [3.8, 4) is 0 Å². The molecule has 1 fully saturated rings. The highest BCUT2D eigenvalue weighted by Crippen LogP contribution is 2.25. The van der Waals surface area contributed by atoms with Gasteiger partial charge in [0.15, 0.2) is 0 Å². The van der Waals surface area contributed by atoms with Gasteiger partial charge < -0.3 is 5.11 Å². The molecule has 0 spiro atoms. The second-order valence-electron chi connectivity index (χ2n) is 5.04. The highest BCUT2D eigenvalue weighted by atomic mass is 79.9. The predicted octanol–water partition coefficient (Wildman–Crippen LogP) is 2.42. The van der Waals surface area contributed by atoms with E-state index < -0.39 is 21.9 Å². The molecule has 2 atom stereocenters. The van der Waals surface area contributed by atoms with Crippen LogP contribution < -0.4 is 4.72 Å². The lowest BCUT2D eigenvalue weighted by Gasteiger charge is -2.27. The van der Waals surface area contributed by atoms with E-state index in [1.165, 1.54) is 12.1 Å². The van der Waals surface area contributed by atoms with E-state index in [0.717, 1.165) is 25.3 Å². The monoisotopic (exact) mass is 365 g/mol. The van der Waals surface area contributed by atoms with Crippen LogP contribution in [-0.2, 0) is 10.0 Å². The molecule has 2 N–H and O–H groups in total. The Morgan fingerprint density at radius 1 is 1.35 bits per heavy atom. The second-order valence-corrected chi connectivity index (χ2v) is 7.69. The van der Waals surface area contributed by atoms with E-state index >= 15 is 0 Å². The van der Waals surface area contributed by atoms with Gasteiger partial charge >= 0.3 is 0 Å². The Balaban J connectivity index is 2.07. The predicted molar refractivity (Wildman–Crippen MR) is 77.3 cm³/mol. The molecule has 0 heterocycles. The van der Waals surface area contributed by atoms with Crippen molar-refractivity contribution in [3.05, 3.63) is 28.5 Å². The summed E-state index contributed by atoms with van der Waals surface area (Å²) in [6, 6.07) is 3.82. The maximum atomic E-state index is 13.7. The van der Waals surface area contributed by atoms with Gasteiger partial charge in [0.25, 0.3) is 0 Å². The fourth-order valence-corrected chi connectivity index (χ4v) is 3.90. The van der Waals surface area contributed by atoms with Gasteiger partial charge in [-0.15, -0.1) is 0 Å². The highest BCUT2D eigenvalue weighted by Gasteiger charge is 2.26. The molecule has 0 aliphatic heterocycles. The first-order valence-corrected chi connectivity index (χ1v) is 8.80. The van der Waals surface area contributed by atoms with Gasteiger partial charge in [-0.1, -0.05) is 28.8 Å². The summed E-state index contributed by atoms with van der Waals surface area (Å²) in [5.74, 6) is -0.895. The fourth-order valence-electron chi connectivity index (χ4n) is 2.41. The summed E-state index contributed by atoms with van der Waals surface area (Å²) in [6.45, 7) is 0.138. The van der Waals surface area contributed by atoms with Gasteiger partial charge in [-0.25, -0.2) is 17.5 Å². The molecule has 1 aromatic rings. The lowest BCUT2D eigenvalue weighted by atomic mass is 9.87. The van der Waals surface area contributed by atoms with Crippen LogP contribution in [0.2, 0.25) is 0 Å². The molecule has 0 radical (unpaired) electrons. The van der Waals surface area contributed by atoms with Crippen molar-refractivity contribution in [3.63, 3.8) is 0 Å². The maximum Gasteiger partial charge on any atom is 0.243 e. The minimum atomic E-state index is -3.89. The summed E-state index contributed by atoms with van der Waals surface area (Å²) in [4.78, 5) is -0.369. The summed E-state index contributed by atoms with van der Waals surface area (Å²) in [5, 5.41) is 9.81. The zero-order valence-electron chi connectivity index (χ0n) is 10.9. The first-order valence-electron chi connectivity index (χ1n) is 6.53. The van der Waals surface area contributed by atoms with Crippen LogP contribution in [0.1, 0.15) is 25.7 Å². The molecule has 7 heteroatoms.